The van der Waals surface area contributed by atoms with Gasteiger partial charge in [0.05, 0.1) is 11.6 Å². The van der Waals surface area contributed by atoms with E-state index in [4.69, 9.17) is 0 Å². The highest BCUT2D eigenvalue weighted by Crippen LogP contribution is 2.19. The Bertz CT molecular complexity index is 194. The second-order valence-electron chi connectivity index (χ2n) is 4.35. The minimum Gasteiger partial charge on any atom is -0.362 e. The average molecular weight is 275 g/mol. The summed E-state index contributed by atoms with van der Waals surface area (Å²) < 4.78 is 0. The summed E-state index contributed by atoms with van der Waals surface area (Å²) in [5.74, 6) is 0. The van der Waals surface area contributed by atoms with E-state index in [0.29, 0.717) is 4.95 Å². The number of nitrogens with zero attached hydrogens (tertiary/aromatic N) is 2. The lowest BCUT2D eigenvalue weighted by atomic mass is 10.1. The fourth-order valence-corrected chi connectivity index (χ4v) is 2.41. The molecule has 2 nitrogen and oxygen atoms in total. The summed E-state index contributed by atoms with van der Waals surface area (Å²) in [5.41, 5.74) is 0. The summed E-state index contributed by atoms with van der Waals surface area (Å²) in [4.78, 5) is 5.06. The predicted molar refractivity (Wildman–Crippen MR) is 69.7 cm³/mol. The molecule has 0 amide bonds. The number of rotatable bonds is 7. The summed E-state index contributed by atoms with van der Waals surface area (Å²) in [7, 11) is 2.11. The van der Waals surface area contributed by atoms with Crippen molar-refractivity contribution in [3.63, 3.8) is 0 Å². The number of hydrogen-bond donors (Lipinski definition) is 0. The van der Waals surface area contributed by atoms with Crippen LogP contribution in [0.2, 0.25) is 0 Å². The molecule has 0 aliphatic carbocycles. The van der Waals surface area contributed by atoms with Crippen molar-refractivity contribution in [3.8, 4) is 0 Å². The first kappa shape index (κ1) is 12.9. The number of unbranched alkanes of at least 4 members (excludes halogenated alkanes) is 4. The highest BCUT2D eigenvalue weighted by Gasteiger charge is 2.15. The van der Waals surface area contributed by atoms with E-state index in [9.17, 15) is 0 Å². The van der Waals surface area contributed by atoms with Gasteiger partial charge in [0.1, 0.15) is 0 Å². The van der Waals surface area contributed by atoms with Crippen LogP contribution in [-0.4, -0.2) is 28.5 Å². The van der Waals surface area contributed by atoms with Crippen LogP contribution < -0.4 is 0 Å². The van der Waals surface area contributed by atoms with E-state index in [1.165, 1.54) is 38.5 Å². The van der Waals surface area contributed by atoms with Crippen LogP contribution in [-0.2, 0) is 0 Å². The molecule has 0 N–H and O–H groups in total. The second-order valence-corrected chi connectivity index (χ2v) is 5.41. The van der Waals surface area contributed by atoms with Gasteiger partial charge in [-0.3, -0.25) is 0 Å². The maximum Gasteiger partial charge on any atom is 0.0901 e. The molecule has 3 heteroatoms. The lowest BCUT2D eigenvalue weighted by Gasteiger charge is -2.24. The van der Waals surface area contributed by atoms with Crippen molar-refractivity contribution in [1.29, 1.82) is 0 Å². The maximum absolute atomic E-state index is 3.75. The van der Waals surface area contributed by atoms with Gasteiger partial charge in [0.15, 0.2) is 0 Å². The Balaban J connectivity index is 2.03. The zero-order chi connectivity index (χ0) is 11.1. The molecule has 1 rings (SSSR count). The summed E-state index contributed by atoms with van der Waals surface area (Å²) in [6, 6.07) is 0. The Labute approximate surface area is 102 Å². The van der Waals surface area contributed by atoms with Gasteiger partial charge in [-0.1, -0.05) is 55.0 Å². The number of halogens is 1. The van der Waals surface area contributed by atoms with Crippen LogP contribution in [0.5, 0.6) is 0 Å². The van der Waals surface area contributed by atoms with Gasteiger partial charge in [-0.25, -0.2) is 0 Å². The molecule has 0 radical (unpaired) electrons. The molecule has 0 aromatic carbocycles. The van der Waals surface area contributed by atoms with E-state index < -0.39 is 0 Å². The first-order valence-electron chi connectivity index (χ1n) is 6.02. The van der Waals surface area contributed by atoms with Crippen molar-refractivity contribution in [2.24, 2.45) is 0 Å². The average Bonchev–Trinajstić information content (AvgIpc) is 2.64. The minimum atomic E-state index is 0.514. The Morgan fingerprint density at radius 2 is 1.93 bits per heavy atom. The summed E-state index contributed by atoms with van der Waals surface area (Å²) >= 11 is 3.75. The molecular weight excluding hydrogens is 252 g/mol. The molecule has 88 valence electrons. The maximum atomic E-state index is 3.75. The Kier molecular flexibility index (Phi) is 6.15. The highest BCUT2D eigenvalue weighted by atomic mass is 79.9. The molecule has 0 saturated carbocycles. The third-order valence-electron chi connectivity index (χ3n) is 2.80. The lowest BCUT2D eigenvalue weighted by molar-refractivity contribution is 0.275. The zero-order valence-corrected chi connectivity index (χ0v) is 11.5. The fraction of sp³-hybridized carbons (Fsp3) is 0.833. The molecule has 15 heavy (non-hydrogen) atoms. The van der Waals surface area contributed by atoms with Gasteiger partial charge in [-0.15, -0.1) is 0 Å². The molecule has 0 bridgehead atoms. The van der Waals surface area contributed by atoms with Crippen molar-refractivity contribution in [2.75, 3.05) is 13.7 Å². The van der Waals surface area contributed by atoms with Crippen molar-refractivity contribution in [3.05, 3.63) is 12.4 Å². The normalized spacial score (nSPS) is 17.5. The number of hydrogen-bond acceptors (Lipinski definition) is 2. The van der Waals surface area contributed by atoms with E-state index in [1.54, 1.807) is 0 Å². The van der Waals surface area contributed by atoms with E-state index in [1.807, 2.05) is 0 Å². The molecule has 1 heterocycles. The van der Waals surface area contributed by atoms with Crippen molar-refractivity contribution < 1.29 is 0 Å². The van der Waals surface area contributed by atoms with E-state index >= 15 is 0 Å². The van der Waals surface area contributed by atoms with Gasteiger partial charge < -0.3 is 9.80 Å². The van der Waals surface area contributed by atoms with Gasteiger partial charge in [-0.05, 0) is 6.42 Å². The molecule has 0 saturated heterocycles. The predicted octanol–water partition coefficient (Wildman–Crippen LogP) is 3.74. The van der Waals surface area contributed by atoms with Crippen LogP contribution in [0.1, 0.15) is 45.4 Å². The minimum absolute atomic E-state index is 0.514. The molecule has 1 unspecified atom stereocenters. The van der Waals surface area contributed by atoms with Crippen LogP contribution >= 0.6 is 15.9 Å². The SMILES string of the molecule is CCCCCCCC(Br)N1C=CN(C)C1. The first-order chi connectivity index (χ1) is 7.24. The Morgan fingerprint density at radius 1 is 1.20 bits per heavy atom. The third-order valence-corrected chi connectivity index (χ3v) is 3.79. The smallest absolute Gasteiger partial charge is 0.0901 e. The molecule has 0 fully saturated rings. The van der Waals surface area contributed by atoms with Crippen LogP contribution in [0.15, 0.2) is 12.4 Å². The van der Waals surface area contributed by atoms with Gasteiger partial charge >= 0.3 is 0 Å². The lowest BCUT2D eigenvalue weighted by Crippen LogP contribution is -2.28. The van der Waals surface area contributed by atoms with Crippen LogP contribution in [0.25, 0.3) is 0 Å². The van der Waals surface area contributed by atoms with Gasteiger partial charge in [-0.2, -0.15) is 0 Å². The molecule has 0 aromatic rings. The Hall–Kier alpha value is -0.180. The molecule has 0 spiro atoms. The quantitative estimate of drug-likeness (QED) is 0.397. The summed E-state index contributed by atoms with van der Waals surface area (Å²) in [6.45, 7) is 3.28. The van der Waals surface area contributed by atoms with Gasteiger partial charge in [0.2, 0.25) is 0 Å². The Morgan fingerprint density at radius 3 is 2.53 bits per heavy atom. The van der Waals surface area contributed by atoms with Crippen molar-refractivity contribution in [2.45, 2.75) is 50.4 Å². The number of alkyl halides is 1. The van der Waals surface area contributed by atoms with Crippen molar-refractivity contribution >= 4 is 15.9 Å². The molecule has 1 aliphatic rings. The van der Waals surface area contributed by atoms with Gasteiger partial charge in [0, 0.05) is 19.4 Å². The molecule has 0 aromatic heterocycles. The van der Waals surface area contributed by atoms with E-state index in [2.05, 4.69) is 52.1 Å². The fourth-order valence-electron chi connectivity index (χ4n) is 1.82. The summed E-state index contributed by atoms with van der Waals surface area (Å²) in [5, 5.41) is 0. The van der Waals surface area contributed by atoms with Crippen molar-refractivity contribution in [1.82, 2.24) is 9.80 Å². The zero-order valence-electron chi connectivity index (χ0n) is 9.95. The molecule has 1 aliphatic heterocycles. The topological polar surface area (TPSA) is 6.48 Å². The molecule has 1 atom stereocenters. The van der Waals surface area contributed by atoms with E-state index in [0.717, 1.165) is 6.67 Å². The summed E-state index contributed by atoms with van der Waals surface area (Å²) in [6.07, 6.45) is 12.4. The standard InChI is InChI=1S/C12H23BrN2/c1-3-4-5-6-7-8-12(13)15-10-9-14(2)11-15/h9-10,12H,3-8,11H2,1-2H3. The first-order valence-corrected chi connectivity index (χ1v) is 6.94. The second kappa shape index (κ2) is 7.15. The van der Waals surface area contributed by atoms with Crippen LogP contribution in [0.4, 0.5) is 0 Å². The third kappa shape index (κ3) is 4.92. The largest absolute Gasteiger partial charge is 0.362 e. The van der Waals surface area contributed by atoms with Crippen LogP contribution in [0, 0.1) is 0 Å². The molecular formula is C12H23BrN2. The van der Waals surface area contributed by atoms with Gasteiger partial charge in [0.25, 0.3) is 0 Å². The van der Waals surface area contributed by atoms with E-state index in [-0.39, 0.29) is 0 Å². The highest BCUT2D eigenvalue weighted by molar-refractivity contribution is 9.09. The monoisotopic (exact) mass is 274 g/mol. The van der Waals surface area contributed by atoms with Crippen LogP contribution in [0.3, 0.4) is 0 Å².